The number of benzene rings is 2. The lowest BCUT2D eigenvalue weighted by atomic mass is 10.1. The molecule has 0 spiro atoms. The normalized spacial score (nSPS) is 11.1. The first-order chi connectivity index (χ1) is 14.5. The molecule has 2 aromatic carbocycles. The van der Waals surface area contributed by atoms with Gasteiger partial charge in [0, 0.05) is 17.2 Å². The van der Waals surface area contributed by atoms with Gasteiger partial charge in [0.1, 0.15) is 23.8 Å². The van der Waals surface area contributed by atoms with Crippen LogP contribution in [0.1, 0.15) is 23.9 Å². The maximum absolute atomic E-state index is 13.0. The van der Waals surface area contributed by atoms with Gasteiger partial charge in [-0.3, -0.25) is 0 Å². The number of ether oxygens (including phenoxy) is 1. The number of halogens is 1. The fourth-order valence-electron chi connectivity index (χ4n) is 2.94. The molecule has 0 radical (unpaired) electrons. The van der Waals surface area contributed by atoms with E-state index in [9.17, 15) is 9.18 Å². The number of hydrogen-bond acceptors (Lipinski definition) is 7. The Kier molecular flexibility index (Phi) is 5.71. The molecule has 0 aliphatic rings. The number of fused-ring (bicyclic) bond motifs is 1. The third kappa shape index (κ3) is 4.30. The molecule has 0 bridgehead atoms. The standard InChI is InChI=1S/C21H19FN4O3S/c1-2-13-3-8-17-14(10-20(27)29-18(17)9-13)12-30-21-25-24-19(26(21)23)11-28-16-6-4-15(22)5-7-16/h3-10H,2,11-12,23H2,1H3. The van der Waals surface area contributed by atoms with Crippen molar-refractivity contribution in [1.82, 2.24) is 14.9 Å². The summed E-state index contributed by atoms with van der Waals surface area (Å²) in [6.45, 7) is 2.14. The number of nitrogen functional groups attached to an aromatic ring is 1. The van der Waals surface area contributed by atoms with Crippen molar-refractivity contribution < 1.29 is 13.5 Å². The lowest BCUT2D eigenvalue weighted by molar-refractivity contribution is 0.291. The van der Waals surface area contributed by atoms with Crippen LogP contribution in [0.4, 0.5) is 4.39 Å². The molecule has 4 rings (SSSR count). The molecule has 0 atom stereocenters. The highest BCUT2D eigenvalue weighted by Gasteiger charge is 2.13. The van der Waals surface area contributed by atoms with Crippen molar-refractivity contribution in [2.75, 3.05) is 5.84 Å². The molecule has 4 aromatic rings. The van der Waals surface area contributed by atoms with Crippen molar-refractivity contribution in [3.05, 3.63) is 81.7 Å². The molecule has 0 saturated carbocycles. The minimum absolute atomic E-state index is 0.0906. The highest BCUT2D eigenvalue weighted by Crippen LogP contribution is 2.26. The molecular weight excluding hydrogens is 407 g/mol. The number of aryl methyl sites for hydroxylation is 1. The topological polar surface area (TPSA) is 96.2 Å². The van der Waals surface area contributed by atoms with E-state index in [1.807, 2.05) is 25.1 Å². The summed E-state index contributed by atoms with van der Waals surface area (Å²) >= 11 is 1.36. The van der Waals surface area contributed by atoms with Crippen molar-refractivity contribution in [2.24, 2.45) is 0 Å². The number of thioether (sulfide) groups is 1. The predicted molar refractivity (Wildman–Crippen MR) is 112 cm³/mol. The quantitative estimate of drug-likeness (QED) is 0.274. The molecule has 2 aromatic heterocycles. The number of nitrogens with two attached hydrogens (primary N) is 1. The first-order valence-corrected chi connectivity index (χ1v) is 10.3. The Balaban J connectivity index is 1.48. The fraction of sp³-hybridized carbons (Fsp3) is 0.190. The third-order valence-corrected chi connectivity index (χ3v) is 5.57. The van der Waals surface area contributed by atoms with Crippen molar-refractivity contribution >= 4 is 22.7 Å². The summed E-state index contributed by atoms with van der Waals surface area (Å²) in [4.78, 5) is 12.0. The van der Waals surface area contributed by atoms with Crippen molar-refractivity contribution in [3.63, 3.8) is 0 Å². The van der Waals surface area contributed by atoms with E-state index in [-0.39, 0.29) is 12.4 Å². The molecule has 154 valence electrons. The van der Waals surface area contributed by atoms with Crippen LogP contribution in [0.5, 0.6) is 5.75 Å². The second kappa shape index (κ2) is 8.58. The van der Waals surface area contributed by atoms with E-state index < -0.39 is 5.63 Å². The number of nitrogens with zero attached hydrogens (tertiary/aromatic N) is 3. The summed E-state index contributed by atoms with van der Waals surface area (Å²) in [6, 6.07) is 13.0. The van der Waals surface area contributed by atoms with Gasteiger partial charge in [0.15, 0.2) is 5.82 Å². The first-order valence-electron chi connectivity index (χ1n) is 9.29. The molecule has 7 nitrogen and oxygen atoms in total. The summed E-state index contributed by atoms with van der Waals surface area (Å²) in [5.41, 5.74) is 2.11. The predicted octanol–water partition coefficient (Wildman–Crippen LogP) is 3.67. The van der Waals surface area contributed by atoms with Crippen LogP contribution < -0.4 is 16.2 Å². The average molecular weight is 426 g/mol. The zero-order valence-electron chi connectivity index (χ0n) is 16.2. The molecule has 0 fully saturated rings. The van der Waals surface area contributed by atoms with Gasteiger partial charge in [0.25, 0.3) is 0 Å². The lowest BCUT2D eigenvalue weighted by Gasteiger charge is -2.08. The first kappa shape index (κ1) is 20.0. The van der Waals surface area contributed by atoms with Crippen LogP contribution in [-0.2, 0) is 18.8 Å². The Labute approximate surface area is 175 Å². The molecule has 0 amide bonds. The van der Waals surface area contributed by atoms with Crippen LogP contribution in [0, 0.1) is 5.82 Å². The molecular formula is C21H19FN4O3S. The highest BCUT2D eigenvalue weighted by molar-refractivity contribution is 7.98. The zero-order chi connectivity index (χ0) is 21.1. The molecule has 9 heteroatoms. The van der Waals surface area contributed by atoms with E-state index >= 15 is 0 Å². The minimum Gasteiger partial charge on any atom is -0.486 e. The van der Waals surface area contributed by atoms with Crippen molar-refractivity contribution in [3.8, 4) is 5.75 Å². The number of rotatable bonds is 7. The Morgan fingerprint density at radius 3 is 2.73 bits per heavy atom. The second-order valence-corrected chi connectivity index (χ2v) is 7.52. The monoisotopic (exact) mass is 426 g/mol. The lowest BCUT2D eigenvalue weighted by Crippen LogP contribution is -2.15. The zero-order valence-corrected chi connectivity index (χ0v) is 17.0. The minimum atomic E-state index is -0.394. The van der Waals surface area contributed by atoms with Crippen LogP contribution in [0.2, 0.25) is 0 Å². The SMILES string of the molecule is CCc1ccc2c(CSc3nnc(COc4ccc(F)cc4)n3N)cc(=O)oc2c1. The van der Waals surface area contributed by atoms with E-state index in [4.69, 9.17) is 15.0 Å². The molecule has 0 unspecified atom stereocenters. The van der Waals surface area contributed by atoms with Crippen LogP contribution >= 0.6 is 11.8 Å². The van der Waals surface area contributed by atoms with Gasteiger partial charge in [-0.1, -0.05) is 30.8 Å². The van der Waals surface area contributed by atoms with E-state index in [0.717, 1.165) is 22.9 Å². The van der Waals surface area contributed by atoms with E-state index in [1.54, 1.807) is 0 Å². The molecule has 2 heterocycles. The fourth-order valence-corrected chi connectivity index (χ4v) is 3.81. The van der Waals surface area contributed by atoms with Gasteiger partial charge in [0.2, 0.25) is 5.16 Å². The molecule has 0 aliphatic heterocycles. The smallest absolute Gasteiger partial charge is 0.336 e. The van der Waals surface area contributed by atoms with Crippen LogP contribution in [-0.4, -0.2) is 14.9 Å². The van der Waals surface area contributed by atoms with Gasteiger partial charge in [-0.15, -0.1) is 10.2 Å². The maximum atomic E-state index is 13.0. The Bertz CT molecular complexity index is 1240. The summed E-state index contributed by atoms with van der Waals surface area (Å²) in [6.07, 6.45) is 0.859. The van der Waals surface area contributed by atoms with E-state index in [2.05, 4.69) is 10.2 Å². The van der Waals surface area contributed by atoms with Gasteiger partial charge >= 0.3 is 5.63 Å². The molecule has 0 saturated heterocycles. The molecule has 30 heavy (non-hydrogen) atoms. The van der Waals surface area contributed by atoms with Gasteiger partial charge in [-0.2, -0.15) is 0 Å². The highest BCUT2D eigenvalue weighted by atomic mass is 32.2. The summed E-state index contributed by atoms with van der Waals surface area (Å²) in [7, 11) is 0. The Morgan fingerprint density at radius 2 is 1.97 bits per heavy atom. The summed E-state index contributed by atoms with van der Waals surface area (Å²) in [5.74, 6) is 7.15. The van der Waals surface area contributed by atoms with Gasteiger partial charge in [-0.25, -0.2) is 13.9 Å². The third-order valence-electron chi connectivity index (χ3n) is 4.58. The van der Waals surface area contributed by atoms with Gasteiger partial charge < -0.3 is 15.0 Å². The summed E-state index contributed by atoms with van der Waals surface area (Å²) in [5, 5.41) is 9.51. The number of hydrogen-bond donors (Lipinski definition) is 1. The molecule has 0 aliphatic carbocycles. The second-order valence-electron chi connectivity index (χ2n) is 6.57. The van der Waals surface area contributed by atoms with E-state index in [1.165, 1.54) is 46.8 Å². The van der Waals surface area contributed by atoms with Crippen LogP contribution in [0.25, 0.3) is 11.0 Å². The van der Waals surface area contributed by atoms with Gasteiger partial charge in [-0.05, 0) is 47.9 Å². The molecule has 2 N–H and O–H groups in total. The van der Waals surface area contributed by atoms with Crippen molar-refractivity contribution in [1.29, 1.82) is 0 Å². The van der Waals surface area contributed by atoms with Crippen molar-refractivity contribution in [2.45, 2.75) is 30.9 Å². The Hall–Kier alpha value is -3.33. The maximum Gasteiger partial charge on any atom is 0.336 e. The van der Waals surface area contributed by atoms with E-state index in [0.29, 0.717) is 28.1 Å². The average Bonchev–Trinajstić information content (AvgIpc) is 3.10. The Morgan fingerprint density at radius 1 is 1.17 bits per heavy atom. The van der Waals surface area contributed by atoms with Crippen LogP contribution in [0.3, 0.4) is 0 Å². The van der Waals surface area contributed by atoms with Crippen LogP contribution in [0.15, 0.2) is 62.9 Å². The largest absolute Gasteiger partial charge is 0.486 e. The van der Waals surface area contributed by atoms with Gasteiger partial charge in [0.05, 0.1) is 0 Å². The number of aromatic nitrogens is 3. The summed E-state index contributed by atoms with van der Waals surface area (Å²) < 4.78 is 25.2.